The molecule has 0 aromatic carbocycles. The molecule has 0 aromatic heterocycles. The topological polar surface area (TPSA) is 52.2 Å². The van der Waals surface area contributed by atoms with Crippen LogP contribution in [0, 0.1) is 0 Å². The largest absolute Gasteiger partial charge is 0.498 e. The summed E-state index contributed by atoms with van der Waals surface area (Å²) in [4.78, 5) is 10.6. The van der Waals surface area contributed by atoms with Crippen molar-refractivity contribution in [2.45, 2.75) is 6.92 Å². The zero-order valence-corrected chi connectivity index (χ0v) is 7.70. The van der Waals surface area contributed by atoms with Crippen molar-refractivity contribution in [3.63, 3.8) is 0 Å². The quantitative estimate of drug-likeness (QED) is 0.424. The van der Waals surface area contributed by atoms with Gasteiger partial charge in [-0.1, -0.05) is 0 Å². The van der Waals surface area contributed by atoms with Gasteiger partial charge in [0.05, 0.1) is 13.6 Å². The predicted molar refractivity (Wildman–Crippen MR) is 43.8 cm³/mol. The average Bonchev–Trinajstić information content (AvgIpc) is 2.01. The molecule has 1 atom stereocenters. The van der Waals surface area contributed by atoms with Gasteiger partial charge >= 0.3 is 0 Å². The van der Waals surface area contributed by atoms with Crippen molar-refractivity contribution in [2.24, 2.45) is 0 Å². The number of hydrogen-bond acceptors (Lipinski definition) is 3. The maximum absolute atomic E-state index is 10.6. The highest BCUT2D eigenvalue weighted by Crippen LogP contribution is 2.01. The second kappa shape index (κ2) is 3.64. The fraction of sp³-hybridized carbons (Fsp3) is 0.667. The molecule has 0 radical (unpaired) electrons. The van der Waals surface area contributed by atoms with E-state index in [1.807, 2.05) is 0 Å². The van der Waals surface area contributed by atoms with E-state index >= 15 is 0 Å². The van der Waals surface area contributed by atoms with Gasteiger partial charge in [0.25, 0.3) is 11.2 Å². The van der Waals surface area contributed by atoms with Gasteiger partial charge in [0, 0.05) is 19.3 Å². The number of hydrogen-bond donors (Lipinski definition) is 1. The number of carbonyl (C=O) groups excluding carboxylic acids is 1. The first-order valence-corrected chi connectivity index (χ1v) is 3.69. The lowest BCUT2D eigenvalue weighted by molar-refractivity contribution is -0.768. The minimum Gasteiger partial charge on any atom is -0.498 e. The van der Waals surface area contributed by atoms with Crippen molar-refractivity contribution in [3.8, 4) is 0 Å². The molecule has 0 bridgehead atoms. The highest BCUT2D eigenvalue weighted by atomic mass is 32.1. The molecule has 5 heteroatoms. The van der Waals surface area contributed by atoms with E-state index in [4.69, 9.17) is 12.2 Å². The Balaban J connectivity index is 4.59. The number of quaternary nitrogens is 1. The van der Waals surface area contributed by atoms with E-state index in [0.29, 0.717) is 6.54 Å². The summed E-state index contributed by atoms with van der Waals surface area (Å²) in [7, 11) is 3.09. The predicted octanol–water partition coefficient (Wildman–Crippen LogP) is -0.699. The van der Waals surface area contributed by atoms with Crippen molar-refractivity contribution in [3.05, 3.63) is 0 Å². The standard InChI is InChI=1S/C6H12N2O2S/c1-4-8(3,6(9)10)5(11)7-2/h4H2,1-3H3,(H-,7,9,10,11). The van der Waals surface area contributed by atoms with Gasteiger partial charge in [-0.05, 0) is 6.92 Å². The third-order valence-electron chi connectivity index (χ3n) is 1.70. The first-order chi connectivity index (χ1) is 4.99. The van der Waals surface area contributed by atoms with E-state index in [9.17, 15) is 9.90 Å². The summed E-state index contributed by atoms with van der Waals surface area (Å²) >= 11 is 4.81. The molecule has 64 valence electrons. The number of rotatable bonds is 1. The van der Waals surface area contributed by atoms with Crippen LogP contribution in [0.3, 0.4) is 0 Å². The number of nitrogens with zero attached hydrogens (tertiary/aromatic N) is 1. The molecule has 0 heterocycles. The van der Waals surface area contributed by atoms with Crippen molar-refractivity contribution in [1.29, 1.82) is 0 Å². The van der Waals surface area contributed by atoms with Crippen LogP contribution in [-0.2, 0) is 0 Å². The van der Waals surface area contributed by atoms with Crippen LogP contribution < -0.4 is 10.4 Å². The summed E-state index contributed by atoms with van der Waals surface area (Å²) in [5.74, 6) is 0. The Hall–Kier alpha value is -0.680. The third kappa shape index (κ3) is 1.87. The van der Waals surface area contributed by atoms with Gasteiger partial charge in [0.15, 0.2) is 0 Å². The molecule has 11 heavy (non-hydrogen) atoms. The fourth-order valence-corrected chi connectivity index (χ4v) is 0.806. The van der Waals surface area contributed by atoms with Crippen LogP contribution in [0.2, 0.25) is 0 Å². The van der Waals surface area contributed by atoms with Gasteiger partial charge in [0.2, 0.25) is 0 Å². The second-order valence-electron chi connectivity index (χ2n) is 2.33. The van der Waals surface area contributed by atoms with Gasteiger partial charge < -0.3 is 15.2 Å². The third-order valence-corrected chi connectivity index (χ3v) is 2.30. The minimum absolute atomic E-state index is 0.257. The van der Waals surface area contributed by atoms with Crippen LogP contribution in [0.4, 0.5) is 4.79 Å². The molecule has 0 saturated carbocycles. The highest BCUT2D eigenvalue weighted by Gasteiger charge is 2.27. The Kier molecular flexibility index (Phi) is 3.41. The molecule has 0 saturated heterocycles. The van der Waals surface area contributed by atoms with E-state index in [1.54, 1.807) is 14.0 Å². The van der Waals surface area contributed by atoms with Gasteiger partial charge in [-0.2, -0.15) is 0 Å². The molecule has 0 aliphatic rings. The molecule has 0 rings (SSSR count). The first-order valence-electron chi connectivity index (χ1n) is 3.28. The maximum atomic E-state index is 10.6. The highest BCUT2D eigenvalue weighted by molar-refractivity contribution is 7.79. The van der Waals surface area contributed by atoms with Crippen LogP contribution in [-0.4, -0.2) is 36.3 Å². The summed E-state index contributed by atoms with van der Waals surface area (Å²) in [6.07, 6.45) is -1.19. The zero-order chi connectivity index (χ0) is 9.07. The van der Waals surface area contributed by atoms with E-state index < -0.39 is 6.09 Å². The molecule has 4 nitrogen and oxygen atoms in total. The molecule has 0 fully saturated rings. The number of carbonyl (C=O) groups is 1. The van der Waals surface area contributed by atoms with E-state index in [0.717, 1.165) is 0 Å². The fourth-order valence-electron chi connectivity index (χ4n) is 0.602. The van der Waals surface area contributed by atoms with E-state index in [1.165, 1.54) is 7.05 Å². The molecule has 0 aliphatic heterocycles. The molecular weight excluding hydrogens is 164 g/mol. The van der Waals surface area contributed by atoms with Gasteiger partial charge in [-0.3, -0.25) is 0 Å². The van der Waals surface area contributed by atoms with E-state index in [-0.39, 0.29) is 9.60 Å². The van der Waals surface area contributed by atoms with Crippen molar-refractivity contribution in [1.82, 2.24) is 5.32 Å². The Bertz CT molecular complexity index is 183. The molecule has 0 spiro atoms. The van der Waals surface area contributed by atoms with Gasteiger partial charge in [-0.25, -0.2) is 4.48 Å². The normalized spacial score (nSPS) is 15.2. The minimum atomic E-state index is -1.19. The van der Waals surface area contributed by atoms with Crippen LogP contribution in [0.1, 0.15) is 6.92 Å². The molecule has 0 aliphatic carbocycles. The Morgan fingerprint density at radius 3 is 2.27 bits per heavy atom. The smallest absolute Gasteiger partial charge is 0.275 e. The van der Waals surface area contributed by atoms with Crippen LogP contribution in [0.15, 0.2) is 0 Å². The monoisotopic (exact) mass is 176 g/mol. The second-order valence-corrected chi connectivity index (χ2v) is 2.72. The Labute approximate surface area is 71.4 Å². The summed E-state index contributed by atoms with van der Waals surface area (Å²) in [6, 6.07) is 0. The summed E-state index contributed by atoms with van der Waals surface area (Å²) < 4.78 is -0.369. The Morgan fingerprint density at radius 2 is 2.18 bits per heavy atom. The molecule has 1 amide bonds. The number of nitrogens with one attached hydrogen (secondary N) is 1. The lowest BCUT2D eigenvalue weighted by atomic mass is 10.5. The van der Waals surface area contributed by atoms with Crippen molar-refractivity contribution >= 4 is 23.4 Å². The van der Waals surface area contributed by atoms with Crippen LogP contribution >= 0.6 is 12.2 Å². The van der Waals surface area contributed by atoms with Crippen molar-refractivity contribution < 1.29 is 14.4 Å². The van der Waals surface area contributed by atoms with Crippen LogP contribution in [0.5, 0.6) is 0 Å². The summed E-state index contributed by atoms with van der Waals surface area (Å²) in [5.41, 5.74) is 0. The number of amides is 1. The van der Waals surface area contributed by atoms with Crippen LogP contribution in [0.25, 0.3) is 0 Å². The summed E-state index contributed by atoms with van der Waals surface area (Å²) in [5, 5.41) is 13.5. The van der Waals surface area contributed by atoms with Gasteiger partial charge in [0.1, 0.15) is 0 Å². The summed E-state index contributed by atoms with van der Waals surface area (Å²) in [6.45, 7) is 2.11. The van der Waals surface area contributed by atoms with Crippen molar-refractivity contribution in [2.75, 3.05) is 20.6 Å². The molecule has 1 N–H and O–H groups in total. The average molecular weight is 176 g/mol. The first kappa shape index (κ1) is 10.3. The molecular formula is C6H12N2O2S. The SMILES string of the molecule is CC[N+](C)(C(=O)[O-])C(=S)NC. The zero-order valence-electron chi connectivity index (χ0n) is 6.88. The lowest BCUT2D eigenvalue weighted by Crippen LogP contribution is -2.61. The number of thiocarbonyl (C=S) groups is 1. The lowest BCUT2D eigenvalue weighted by Gasteiger charge is -2.31. The Morgan fingerprint density at radius 1 is 1.73 bits per heavy atom. The van der Waals surface area contributed by atoms with E-state index in [2.05, 4.69) is 5.32 Å². The molecule has 1 unspecified atom stereocenters. The molecule has 0 aromatic rings. The maximum Gasteiger partial charge on any atom is 0.275 e. The number of carboxylic acid groups (broad SMARTS) is 1. The van der Waals surface area contributed by atoms with Gasteiger partial charge in [-0.15, -0.1) is 0 Å².